The summed E-state index contributed by atoms with van der Waals surface area (Å²) in [6, 6.07) is 27.4. The number of carbonyl (C=O) groups is 2. The van der Waals surface area contributed by atoms with E-state index in [1.807, 2.05) is 91.9 Å². The van der Waals surface area contributed by atoms with Crippen LogP contribution in [0.1, 0.15) is 34.0 Å². The van der Waals surface area contributed by atoms with Gasteiger partial charge in [-0.2, -0.15) is 0 Å². The summed E-state index contributed by atoms with van der Waals surface area (Å²) >= 11 is 0. The molecular weight excluding hydrogens is 452 g/mol. The molecule has 0 saturated heterocycles. The molecule has 0 saturated carbocycles. The molecule has 0 N–H and O–H groups in total. The summed E-state index contributed by atoms with van der Waals surface area (Å²) in [6.07, 6.45) is 0. The van der Waals surface area contributed by atoms with Gasteiger partial charge in [0.2, 0.25) is 0 Å². The zero-order chi connectivity index (χ0) is 24.8. The van der Waals surface area contributed by atoms with Crippen LogP contribution in [0.15, 0.2) is 90.1 Å². The van der Waals surface area contributed by atoms with Crippen molar-refractivity contribution in [2.75, 3.05) is 6.61 Å². The van der Waals surface area contributed by atoms with Gasteiger partial charge in [-0.3, -0.25) is 4.79 Å². The average Bonchev–Trinajstić information content (AvgIpc) is 3.46. The molecule has 0 atom stereocenters. The largest absolute Gasteiger partial charge is 0.486 e. The van der Waals surface area contributed by atoms with Crippen LogP contribution in [0.2, 0.25) is 0 Å². The van der Waals surface area contributed by atoms with Crippen molar-refractivity contribution in [2.45, 2.75) is 13.8 Å². The Kier molecular flexibility index (Phi) is 5.15. The van der Waals surface area contributed by atoms with Gasteiger partial charge < -0.3 is 14.1 Å². The van der Waals surface area contributed by atoms with Gasteiger partial charge in [0.25, 0.3) is 0 Å². The van der Waals surface area contributed by atoms with E-state index in [1.165, 1.54) is 6.92 Å². The summed E-state index contributed by atoms with van der Waals surface area (Å²) in [4.78, 5) is 29.6. The van der Waals surface area contributed by atoms with Crippen LogP contribution < -0.4 is 4.74 Å². The zero-order valence-corrected chi connectivity index (χ0v) is 19.8. The molecule has 6 nitrogen and oxygen atoms in total. The standard InChI is InChI=1S/C30H22N2O4/c1-18-8-6-7-11-22(18)29(34)20-12-14-26-24(16-20)28-27(32(26)21-9-4-3-5-10-21)15-13-23-25(17-35-30(23)28)31-36-19(2)33/h3-16H,17H2,1-2H3/b31-25+. The molecule has 0 radical (unpaired) electrons. The van der Waals surface area contributed by atoms with Crippen LogP contribution in [0, 0.1) is 6.92 Å². The molecule has 1 aromatic heterocycles. The van der Waals surface area contributed by atoms with E-state index < -0.39 is 5.97 Å². The third-order valence-corrected chi connectivity index (χ3v) is 6.50. The number of para-hydroxylation sites is 1. The molecule has 0 unspecified atom stereocenters. The highest BCUT2D eigenvalue weighted by atomic mass is 16.7. The smallest absolute Gasteiger partial charge is 0.331 e. The summed E-state index contributed by atoms with van der Waals surface area (Å²) in [6.45, 7) is 3.45. The van der Waals surface area contributed by atoms with Gasteiger partial charge in [-0.15, -0.1) is 0 Å². The number of ether oxygens (including phenoxy) is 1. The molecule has 0 fully saturated rings. The Morgan fingerprint density at radius 2 is 1.67 bits per heavy atom. The molecule has 6 rings (SSSR count). The molecular formula is C30H22N2O4. The molecule has 0 aliphatic carbocycles. The van der Waals surface area contributed by atoms with Gasteiger partial charge in [-0.05, 0) is 55.0 Å². The monoisotopic (exact) mass is 474 g/mol. The zero-order valence-electron chi connectivity index (χ0n) is 19.8. The fourth-order valence-electron chi connectivity index (χ4n) is 4.85. The second kappa shape index (κ2) is 8.50. The summed E-state index contributed by atoms with van der Waals surface area (Å²) in [7, 11) is 0. The predicted octanol–water partition coefficient (Wildman–Crippen LogP) is 5.98. The maximum Gasteiger partial charge on any atom is 0.331 e. The van der Waals surface area contributed by atoms with Crippen molar-refractivity contribution in [2.24, 2.45) is 5.16 Å². The van der Waals surface area contributed by atoms with Crippen LogP contribution in [0.4, 0.5) is 0 Å². The number of ketones is 1. The van der Waals surface area contributed by atoms with Gasteiger partial charge in [0.15, 0.2) is 5.78 Å². The SMILES string of the molecule is CC(=O)O/N=C1\COc2c1ccc1c2c2cc(C(=O)c3ccccc3C)ccc2n1-c1ccccc1. The number of carbonyl (C=O) groups excluding carboxylic acids is 2. The number of hydrogen-bond acceptors (Lipinski definition) is 5. The van der Waals surface area contributed by atoms with Crippen LogP contribution in [0.5, 0.6) is 5.75 Å². The fourth-order valence-corrected chi connectivity index (χ4v) is 4.85. The minimum Gasteiger partial charge on any atom is -0.486 e. The number of hydrogen-bond donors (Lipinski definition) is 0. The van der Waals surface area contributed by atoms with Gasteiger partial charge >= 0.3 is 5.97 Å². The van der Waals surface area contributed by atoms with E-state index in [1.54, 1.807) is 0 Å². The van der Waals surface area contributed by atoms with Gasteiger partial charge in [0, 0.05) is 34.7 Å². The first-order valence-electron chi connectivity index (χ1n) is 11.7. The lowest BCUT2D eigenvalue weighted by Crippen LogP contribution is -2.05. The topological polar surface area (TPSA) is 69.9 Å². The Morgan fingerprint density at radius 1 is 0.917 bits per heavy atom. The molecule has 6 heteroatoms. The lowest BCUT2D eigenvalue weighted by atomic mass is 9.97. The van der Waals surface area contributed by atoms with E-state index >= 15 is 0 Å². The molecule has 2 heterocycles. The molecule has 176 valence electrons. The van der Waals surface area contributed by atoms with Crippen LogP contribution >= 0.6 is 0 Å². The Hall–Kier alpha value is -4.71. The number of oxime groups is 1. The number of aryl methyl sites for hydroxylation is 1. The Morgan fingerprint density at radius 3 is 2.44 bits per heavy atom. The van der Waals surface area contributed by atoms with Crippen molar-refractivity contribution in [1.82, 2.24) is 4.57 Å². The molecule has 0 bridgehead atoms. The highest BCUT2D eigenvalue weighted by Gasteiger charge is 2.27. The second-order valence-electron chi connectivity index (χ2n) is 8.79. The number of aromatic nitrogens is 1. The van der Waals surface area contributed by atoms with Crippen molar-refractivity contribution >= 4 is 39.3 Å². The summed E-state index contributed by atoms with van der Waals surface area (Å²) in [5.41, 5.74) is 6.45. The van der Waals surface area contributed by atoms with E-state index in [0.29, 0.717) is 22.6 Å². The van der Waals surface area contributed by atoms with Crippen LogP contribution in [0.3, 0.4) is 0 Å². The normalized spacial score (nSPS) is 13.7. The minimum atomic E-state index is -0.489. The van der Waals surface area contributed by atoms with Crippen molar-refractivity contribution in [3.05, 3.63) is 107 Å². The first-order valence-corrected chi connectivity index (χ1v) is 11.7. The average molecular weight is 475 g/mol. The van der Waals surface area contributed by atoms with Crippen LogP contribution in [0.25, 0.3) is 27.5 Å². The lowest BCUT2D eigenvalue weighted by molar-refractivity contribution is -0.140. The van der Waals surface area contributed by atoms with Crippen LogP contribution in [-0.2, 0) is 9.63 Å². The Balaban J connectivity index is 1.62. The molecule has 36 heavy (non-hydrogen) atoms. The van der Waals surface area contributed by atoms with E-state index in [-0.39, 0.29) is 12.4 Å². The molecule has 0 amide bonds. The first-order chi connectivity index (χ1) is 17.5. The summed E-state index contributed by atoms with van der Waals surface area (Å²) in [5, 5.41) is 5.78. The van der Waals surface area contributed by atoms with Gasteiger partial charge in [-0.1, -0.05) is 47.6 Å². The highest BCUT2D eigenvalue weighted by Crippen LogP contribution is 2.42. The molecule has 4 aromatic carbocycles. The summed E-state index contributed by atoms with van der Waals surface area (Å²) in [5.74, 6) is 0.150. The highest BCUT2D eigenvalue weighted by molar-refractivity contribution is 6.20. The third-order valence-electron chi connectivity index (χ3n) is 6.50. The Bertz CT molecular complexity index is 1710. The molecule has 1 aliphatic rings. The quantitative estimate of drug-likeness (QED) is 0.182. The Labute approximate surface area is 207 Å². The van der Waals surface area contributed by atoms with E-state index in [9.17, 15) is 9.59 Å². The van der Waals surface area contributed by atoms with Crippen molar-refractivity contribution < 1.29 is 19.2 Å². The number of benzene rings is 4. The van der Waals surface area contributed by atoms with Crippen molar-refractivity contribution in [3.8, 4) is 11.4 Å². The van der Waals surface area contributed by atoms with Gasteiger partial charge in [-0.25, -0.2) is 4.79 Å². The van der Waals surface area contributed by atoms with Gasteiger partial charge in [0.1, 0.15) is 18.1 Å². The maximum atomic E-state index is 13.5. The van der Waals surface area contributed by atoms with Gasteiger partial charge in [0.05, 0.1) is 16.4 Å². The van der Waals surface area contributed by atoms with Crippen LogP contribution in [-0.4, -0.2) is 28.6 Å². The van der Waals surface area contributed by atoms with E-state index in [2.05, 4.69) is 9.72 Å². The number of nitrogens with zero attached hydrogens (tertiary/aromatic N) is 2. The molecule has 5 aromatic rings. The maximum absolute atomic E-state index is 13.5. The van der Waals surface area contributed by atoms with Crippen molar-refractivity contribution in [1.29, 1.82) is 0 Å². The van der Waals surface area contributed by atoms with E-state index in [0.717, 1.165) is 38.6 Å². The number of fused-ring (bicyclic) bond motifs is 5. The second-order valence-corrected chi connectivity index (χ2v) is 8.79. The third kappa shape index (κ3) is 3.46. The van der Waals surface area contributed by atoms with E-state index in [4.69, 9.17) is 9.57 Å². The predicted molar refractivity (Wildman–Crippen MR) is 139 cm³/mol. The number of rotatable bonds is 4. The minimum absolute atomic E-state index is 0.0267. The molecule has 0 spiro atoms. The van der Waals surface area contributed by atoms with Crippen molar-refractivity contribution in [3.63, 3.8) is 0 Å². The first kappa shape index (κ1) is 21.8. The summed E-state index contributed by atoms with van der Waals surface area (Å²) < 4.78 is 8.26. The molecule has 1 aliphatic heterocycles. The fraction of sp³-hybridized carbons (Fsp3) is 0.100. The lowest BCUT2D eigenvalue weighted by Gasteiger charge is -2.08.